The lowest BCUT2D eigenvalue weighted by Gasteiger charge is -2.14. The van der Waals surface area contributed by atoms with Crippen LogP contribution in [0.2, 0.25) is 5.02 Å². The van der Waals surface area contributed by atoms with Gasteiger partial charge in [-0.05, 0) is 42.6 Å². The first-order valence-electron chi connectivity index (χ1n) is 5.19. The summed E-state index contributed by atoms with van der Waals surface area (Å²) in [6, 6.07) is 5.71. The molecule has 0 unspecified atom stereocenters. The third-order valence-corrected chi connectivity index (χ3v) is 2.98. The molecule has 88 valence electrons. The molecule has 4 heteroatoms. The lowest BCUT2D eigenvalue weighted by Crippen LogP contribution is -2.09. The molecule has 0 aliphatic heterocycles. The predicted molar refractivity (Wildman–Crippen MR) is 74.8 cm³/mol. The second-order valence-corrected chi connectivity index (χ2v) is 6.04. The number of hydrogen-bond acceptors (Lipinski definition) is 2. The molecule has 0 aliphatic rings. The summed E-state index contributed by atoms with van der Waals surface area (Å²) in [6.07, 6.45) is 1.83. The summed E-state index contributed by atoms with van der Waals surface area (Å²) in [4.78, 5) is 4.42. The average molecular weight is 257 g/mol. The minimum absolute atomic E-state index is 0.558. The third-order valence-electron chi connectivity index (χ3n) is 1.90. The van der Waals surface area contributed by atoms with E-state index in [-0.39, 0.29) is 0 Å². The molecule has 0 radical (unpaired) electrons. The van der Waals surface area contributed by atoms with Crippen molar-refractivity contribution in [3.63, 3.8) is 0 Å². The van der Waals surface area contributed by atoms with Crippen molar-refractivity contribution in [1.82, 2.24) is 4.31 Å². The van der Waals surface area contributed by atoms with E-state index in [1.165, 1.54) is 0 Å². The maximum atomic E-state index is 5.88. The Hall–Kier alpha value is -0.670. The standard InChI is InChI=1S/C12H17ClN2S/c1-9(2)16-15(4)8-14-12-6-5-11(13)7-10(12)3/h5-9H,1-4H3. The highest BCUT2D eigenvalue weighted by atomic mass is 35.5. The molecular weight excluding hydrogens is 240 g/mol. The predicted octanol–water partition coefficient (Wildman–Crippen LogP) is 4.30. The van der Waals surface area contributed by atoms with E-state index in [1.807, 2.05) is 42.8 Å². The first-order chi connectivity index (χ1) is 7.49. The number of aliphatic imine (C=N–C) groups is 1. The smallest absolute Gasteiger partial charge is 0.101 e. The van der Waals surface area contributed by atoms with Crippen LogP contribution in [0.5, 0.6) is 0 Å². The van der Waals surface area contributed by atoms with Crippen LogP contribution in [0.3, 0.4) is 0 Å². The lowest BCUT2D eigenvalue weighted by atomic mass is 10.2. The molecule has 0 heterocycles. The summed E-state index contributed by atoms with van der Waals surface area (Å²) in [5.74, 6) is 0. The third kappa shape index (κ3) is 4.45. The molecule has 0 aliphatic carbocycles. The summed E-state index contributed by atoms with van der Waals surface area (Å²) in [5, 5.41) is 1.31. The summed E-state index contributed by atoms with van der Waals surface area (Å²) in [5.41, 5.74) is 2.05. The van der Waals surface area contributed by atoms with E-state index in [2.05, 4.69) is 18.8 Å². The van der Waals surface area contributed by atoms with E-state index in [0.717, 1.165) is 16.3 Å². The molecule has 1 rings (SSSR count). The van der Waals surface area contributed by atoms with Gasteiger partial charge >= 0.3 is 0 Å². The molecule has 0 atom stereocenters. The van der Waals surface area contributed by atoms with E-state index < -0.39 is 0 Å². The van der Waals surface area contributed by atoms with Crippen LogP contribution in [0.25, 0.3) is 0 Å². The Morgan fingerprint density at radius 1 is 1.44 bits per heavy atom. The van der Waals surface area contributed by atoms with Gasteiger partial charge in [-0.15, -0.1) is 0 Å². The van der Waals surface area contributed by atoms with Gasteiger partial charge in [-0.25, -0.2) is 4.99 Å². The van der Waals surface area contributed by atoms with Crippen LogP contribution in [0.15, 0.2) is 23.2 Å². The highest BCUT2D eigenvalue weighted by Gasteiger charge is 1.99. The normalized spacial score (nSPS) is 11.4. The van der Waals surface area contributed by atoms with Crippen molar-refractivity contribution in [2.75, 3.05) is 7.05 Å². The van der Waals surface area contributed by atoms with Gasteiger partial charge in [-0.3, -0.25) is 0 Å². The summed E-state index contributed by atoms with van der Waals surface area (Å²) >= 11 is 7.62. The van der Waals surface area contributed by atoms with E-state index in [1.54, 1.807) is 11.9 Å². The van der Waals surface area contributed by atoms with Crippen molar-refractivity contribution in [3.8, 4) is 0 Å². The van der Waals surface area contributed by atoms with Crippen molar-refractivity contribution in [3.05, 3.63) is 28.8 Å². The summed E-state index contributed by atoms with van der Waals surface area (Å²) in [7, 11) is 2.00. The van der Waals surface area contributed by atoms with Crippen LogP contribution < -0.4 is 0 Å². The molecule has 16 heavy (non-hydrogen) atoms. The lowest BCUT2D eigenvalue weighted by molar-refractivity contribution is 0.854. The molecule has 0 bridgehead atoms. The number of aryl methyl sites for hydroxylation is 1. The Morgan fingerprint density at radius 2 is 2.12 bits per heavy atom. The number of benzene rings is 1. The van der Waals surface area contributed by atoms with Crippen molar-refractivity contribution in [2.45, 2.75) is 26.0 Å². The van der Waals surface area contributed by atoms with Crippen molar-refractivity contribution in [2.24, 2.45) is 4.99 Å². The first-order valence-corrected chi connectivity index (χ1v) is 6.40. The molecular formula is C12H17ClN2S. The fourth-order valence-corrected chi connectivity index (χ4v) is 2.26. The molecule has 1 aromatic rings. The minimum Gasteiger partial charge on any atom is -0.310 e. The SMILES string of the molecule is Cc1cc(Cl)ccc1N=CN(C)SC(C)C. The monoisotopic (exact) mass is 256 g/mol. The highest BCUT2D eigenvalue weighted by molar-refractivity contribution is 7.98. The molecule has 0 aromatic heterocycles. The van der Waals surface area contributed by atoms with Crippen molar-refractivity contribution in [1.29, 1.82) is 0 Å². The van der Waals surface area contributed by atoms with Crippen molar-refractivity contribution >= 4 is 35.6 Å². The van der Waals surface area contributed by atoms with Crippen LogP contribution in [0.4, 0.5) is 5.69 Å². The van der Waals surface area contributed by atoms with Gasteiger partial charge in [-0.1, -0.05) is 25.4 Å². The van der Waals surface area contributed by atoms with Gasteiger partial charge in [0.25, 0.3) is 0 Å². The average Bonchev–Trinajstić information content (AvgIpc) is 2.15. The van der Waals surface area contributed by atoms with Crippen molar-refractivity contribution < 1.29 is 0 Å². The maximum Gasteiger partial charge on any atom is 0.101 e. The van der Waals surface area contributed by atoms with E-state index in [0.29, 0.717) is 5.25 Å². The van der Waals surface area contributed by atoms with Crippen LogP contribution in [-0.4, -0.2) is 22.9 Å². The zero-order chi connectivity index (χ0) is 12.1. The zero-order valence-electron chi connectivity index (χ0n) is 10.1. The Bertz CT molecular complexity index is 377. The molecule has 0 fully saturated rings. The first kappa shape index (κ1) is 13.4. The van der Waals surface area contributed by atoms with Gasteiger partial charge in [0.2, 0.25) is 0 Å². The zero-order valence-corrected chi connectivity index (χ0v) is 11.6. The fraction of sp³-hybridized carbons (Fsp3) is 0.417. The summed E-state index contributed by atoms with van der Waals surface area (Å²) < 4.78 is 2.01. The van der Waals surface area contributed by atoms with E-state index >= 15 is 0 Å². The van der Waals surface area contributed by atoms with Gasteiger partial charge in [-0.2, -0.15) is 0 Å². The summed E-state index contributed by atoms with van der Waals surface area (Å²) in [6.45, 7) is 6.32. The molecule has 2 nitrogen and oxygen atoms in total. The Balaban J connectivity index is 2.69. The minimum atomic E-state index is 0.558. The van der Waals surface area contributed by atoms with E-state index in [4.69, 9.17) is 11.6 Å². The molecule has 0 saturated carbocycles. The number of hydrogen-bond donors (Lipinski definition) is 0. The van der Waals surface area contributed by atoms with Gasteiger partial charge in [0.15, 0.2) is 0 Å². The van der Waals surface area contributed by atoms with Gasteiger partial charge in [0, 0.05) is 17.3 Å². The fourth-order valence-electron chi connectivity index (χ4n) is 1.27. The molecule has 0 spiro atoms. The molecule has 1 aromatic carbocycles. The van der Waals surface area contributed by atoms with Crippen LogP contribution in [-0.2, 0) is 0 Å². The van der Waals surface area contributed by atoms with Gasteiger partial charge in [0.1, 0.15) is 6.34 Å². The molecule has 0 N–H and O–H groups in total. The second kappa shape index (κ2) is 6.16. The van der Waals surface area contributed by atoms with E-state index in [9.17, 15) is 0 Å². The Labute approximate surface area is 107 Å². The Kier molecular flexibility index (Phi) is 5.16. The Morgan fingerprint density at radius 3 is 2.69 bits per heavy atom. The van der Waals surface area contributed by atoms with Crippen LogP contribution >= 0.6 is 23.5 Å². The topological polar surface area (TPSA) is 15.6 Å². The maximum absolute atomic E-state index is 5.88. The highest BCUT2D eigenvalue weighted by Crippen LogP contribution is 2.22. The van der Waals surface area contributed by atoms with Gasteiger partial charge in [0.05, 0.1) is 5.69 Å². The quantitative estimate of drug-likeness (QED) is 0.454. The van der Waals surface area contributed by atoms with Crippen LogP contribution in [0, 0.1) is 6.92 Å². The largest absolute Gasteiger partial charge is 0.310 e. The van der Waals surface area contributed by atoms with Crippen LogP contribution in [0.1, 0.15) is 19.4 Å². The molecule has 0 saturated heterocycles. The number of halogens is 1. The van der Waals surface area contributed by atoms with Gasteiger partial charge < -0.3 is 4.31 Å². The number of rotatable bonds is 4. The number of nitrogens with zero attached hydrogens (tertiary/aromatic N) is 2. The molecule has 0 amide bonds. The second-order valence-electron chi connectivity index (χ2n) is 3.88.